The number of amides is 1. The summed E-state index contributed by atoms with van der Waals surface area (Å²) >= 11 is 2.26. The first-order chi connectivity index (χ1) is 16.7. The third kappa shape index (κ3) is 4.27. The van der Waals surface area contributed by atoms with Crippen LogP contribution in [0.2, 0.25) is 0 Å². The van der Waals surface area contributed by atoms with Crippen molar-refractivity contribution in [2.45, 2.75) is 51.2 Å². The van der Waals surface area contributed by atoms with E-state index in [9.17, 15) is 18.0 Å². The molecule has 35 heavy (non-hydrogen) atoms. The van der Waals surface area contributed by atoms with E-state index in [0.29, 0.717) is 27.8 Å². The number of hydrogen-bond acceptors (Lipinski definition) is 4. The highest BCUT2D eigenvalue weighted by Gasteiger charge is 2.63. The fraction of sp³-hybridized carbons (Fsp3) is 0.480. The summed E-state index contributed by atoms with van der Waals surface area (Å²) in [5, 5.41) is 7.65. The molecule has 3 fully saturated rings. The molecule has 1 spiro atoms. The molecule has 2 aromatic heterocycles. The maximum atomic E-state index is 13.5. The number of rotatable bonds is 5. The smallest absolute Gasteiger partial charge is 0.371 e. The minimum Gasteiger partial charge on any atom is -0.371 e. The van der Waals surface area contributed by atoms with E-state index in [1.807, 2.05) is 18.2 Å². The molecule has 2 aliphatic carbocycles. The van der Waals surface area contributed by atoms with Crippen molar-refractivity contribution < 1.29 is 18.0 Å². The Labute approximate surface area is 214 Å². The topological polar surface area (TPSA) is 63.1 Å². The number of nitrogens with zero attached hydrogens (tertiary/aromatic N) is 4. The Morgan fingerprint density at radius 3 is 2.46 bits per heavy atom. The Hall–Kier alpha value is -2.37. The summed E-state index contributed by atoms with van der Waals surface area (Å²) in [5.41, 5.74) is 0.635. The summed E-state index contributed by atoms with van der Waals surface area (Å²) in [6, 6.07) is 9.16. The average Bonchev–Trinajstić information content (AvgIpc) is 3.73. The minimum absolute atomic E-state index is 0.0987. The zero-order valence-corrected chi connectivity index (χ0v) is 21.2. The van der Waals surface area contributed by atoms with E-state index < -0.39 is 11.6 Å². The number of halogens is 4. The summed E-state index contributed by atoms with van der Waals surface area (Å²) in [6.07, 6.45) is 2.38. The molecule has 6 rings (SSSR count). The molecule has 0 unspecified atom stereocenters. The number of anilines is 2. The van der Waals surface area contributed by atoms with Crippen molar-refractivity contribution in [3.05, 3.63) is 45.7 Å². The highest BCUT2D eigenvalue weighted by molar-refractivity contribution is 14.1. The van der Waals surface area contributed by atoms with E-state index in [1.165, 1.54) is 23.7 Å². The Kier molecular flexibility index (Phi) is 5.32. The Bertz CT molecular complexity index is 1300. The van der Waals surface area contributed by atoms with Gasteiger partial charge in [0.15, 0.2) is 5.65 Å². The lowest BCUT2D eigenvalue weighted by Crippen LogP contribution is -2.35. The average molecular weight is 595 g/mol. The van der Waals surface area contributed by atoms with E-state index in [1.54, 1.807) is 12.1 Å². The van der Waals surface area contributed by atoms with Crippen LogP contribution in [0.1, 0.15) is 48.9 Å². The van der Waals surface area contributed by atoms with Crippen LogP contribution in [-0.4, -0.2) is 39.9 Å². The predicted molar refractivity (Wildman–Crippen MR) is 135 cm³/mol. The van der Waals surface area contributed by atoms with Gasteiger partial charge in [0.2, 0.25) is 0 Å². The number of fused-ring (bicyclic) bond motifs is 1. The van der Waals surface area contributed by atoms with Crippen LogP contribution in [0.25, 0.3) is 11.0 Å². The number of hydrogen-bond donors (Lipinski definition) is 1. The second kappa shape index (κ2) is 8.07. The van der Waals surface area contributed by atoms with Gasteiger partial charge in [0.25, 0.3) is 5.91 Å². The second-order valence-electron chi connectivity index (χ2n) is 10.3. The number of carbonyl (C=O) groups is 1. The van der Waals surface area contributed by atoms with E-state index in [0.717, 1.165) is 35.2 Å². The maximum absolute atomic E-state index is 13.5. The summed E-state index contributed by atoms with van der Waals surface area (Å²) in [6.45, 7) is 1.61. The van der Waals surface area contributed by atoms with E-state index >= 15 is 0 Å². The van der Waals surface area contributed by atoms with E-state index in [2.05, 4.69) is 42.9 Å². The lowest BCUT2D eigenvalue weighted by molar-refractivity contribution is -0.191. The van der Waals surface area contributed by atoms with Crippen molar-refractivity contribution in [2.24, 2.45) is 10.8 Å². The van der Waals surface area contributed by atoms with Gasteiger partial charge in [-0.25, -0.2) is 9.67 Å². The van der Waals surface area contributed by atoms with Crippen LogP contribution in [0, 0.1) is 14.4 Å². The van der Waals surface area contributed by atoms with Crippen molar-refractivity contribution in [2.75, 3.05) is 23.3 Å². The van der Waals surface area contributed by atoms with Crippen LogP contribution in [0.15, 0.2) is 36.5 Å². The van der Waals surface area contributed by atoms with Crippen molar-refractivity contribution in [1.29, 1.82) is 0 Å². The van der Waals surface area contributed by atoms with Gasteiger partial charge in [0.05, 0.1) is 29.4 Å². The van der Waals surface area contributed by atoms with Gasteiger partial charge in [0.1, 0.15) is 5.82 Å². The number of piperidine rings is 1. The fourth-order valence-corrected chi connectivity index (χ4v) is 5.62. The van der Waals surface area contributed by atoms with Gasteiger partial charge in [-0.15, -0.1) is 0 Å². The molecular formula is C25H25F3IN5O. The highest BCUT2D eigenvalue weighted by Crippen LogP contribution is 2.58. The lowest BCUT2D eigenvalue weighted by atomic mass is 9.93. The molecule has 0 atom stereocenters. The van der Waals surface area contributed by atoms with Gasteiger partial charge < -0.3 is 10.2 Å². The molecule has 10 heteroatoms. The van der Waals surface area contributed by atoms with Crippen LogP contribution < -0.4 is 10.2 Å². The summed E-state index contributed by atoms with van der Waals surface area (Å²) in [7, 11) is 0. The number of nitrogens with one attached hydrogen (secondary N) is 1. The normalized spacial score (nSPS) is 20.3. The minimum atomic E-state index is -4.27. The second-order valence-corrected chi connectivity index (χ2v) is 11.5. The monoisotopic (exact) mass is 595 g/mol. The Morgan fingerprint density at radius 1 is 1.06 bits per heavy atom. The maximum Gasteiger partial charge on any atom is 0.396 e. The quantitative estimate of drug-likeness (QED) is 0.367. The third-order valence-corrected chi connectivity index (χ3v) is 8.63. The first kappa shape index (κ1) is 23.1. The largest absolute Gasteiger partial charge is 0.396 e. The van der Waals surface area contributed by atoms with Gasteiger partial charge >= 0.3 is 6.18 Å². The van der Waals surface area contributed by atoms with Crippen LogP contribution in [0.4, 0.5) is 24.7 Å². The molecule has 1 amide bonds. The molecule has 3 aliphatic rings. The number of aromatic nitrogens is 3. The molecule has 6 nitrogen and oxygen atoms in total. The van der Waals surface area contributed by atoms with Crippen molar-refractivity contribution in [1.82, 2.24) is 14.8 Å². The fourth-order valence-electron chi connectivity index (χ4n) is 5.15. The first-order valence-electron chi connectivity index (χ1n) is 11.9. The highest BCUT2D eigenvalue weighted by atomic mass is 127. The molecule has 2 saturated carbocycles. The van der Waals surface area contributed by atoms with Crippen LogP contribution in [-0.2, 0) is 6.54 Å². The number of pyridine rings is 1. The van der Waals surface area contributed by atoms with E-state index in [-0.39, 0.29) is 25.3 Å². The SMILES string of the molecule is O=C(Nc1ccc2cnn(CC3(C(F)(F)F)CC3)c2n1)c1ccc(I)cc1N1CCC2(CC1)CC2. The van der Waals surface area contributed by atoms with Gasteiger partial charge in [0, 0.05) is 22.0 Å². The zero-order valence-electron chi connectivity index (χ0n) is 19.0. The van der Waals surface area contributed by atoms with Gasteiger partial charge in [-0.05, 0) is 96.9 Å². The zero-order chi connectivity index (χ0) is 24.4. The molecular weight excluding hydrogens is 570 g/mol. The van der Waals surface area contributed by atoms with Crippen molar-refractivity contribution >= 4 is 51.0 Å². The molecule has 1 aromatic carbocycles. The summed E-state index contributed by atoms with van der Waals surface area (Å²) in [4.78, 5) is 20.1. The molecule has 184 valence electrons. The molecule has 0 bridgehead atoms. The van der Waals surface area contributed by atoms with Crippen molar-refractivity contribution in [3.8, 4) is 0 Å². The molecule has 0 radical (unpaired) electrons. The van der Waals surface area contributed by atoms with Gasteiger partial charge in [-0.3, -0.25) is 4.79 Å². The number of alkyl halides is 3. The third-order valence-electron chi connectivity index (χ3n) is 7.96. The summed E-state index contributed by atoms with van der Waals surface area (Å²) < 4.78 is 42.8. The van der Waals surface area contributed by atoms with Gasteiger partial charge in [-0.1, -0.05) is 0 Å². The summed E-state index contributed by atoms with van der Waals surface area (Å²) in [5.74, 6) is 0.0103. The molecule has 1 aliphatic heterocycles. The molecule has 1 saturated heterocycles. The first-order valence-corrected chi connectivity index (χ1v) is 13.0. The Balaban J connectivity index is 1.24. The van der Waals surface area contributed by atoms with Crippen LogP contribution in [0.5, 0.6) is 0 Å². The standard InChI is InChI=1S/C25H25F3IN5O/c26-25(27,28)24(7-8-24)15-34-21-16(14-30-34)1-4-20(31-21)32-22(35)18-3-2-17(29)13-19(18)33-11-9-23(5-6-23)10-12-33/h1-4,13-14H,5-12,15H2,(H,31,32,35). The molecule has 1 N–H and O–H groups in total. The molecule has 3 heterocycles. The Morgan fingerprint density at radius 2 is 1.80 bits per heavy atom. The number of benzene rings is 1. The van der Waals surface area contributed by atoms with Gasteiger partial charge in [-0.2, -0.15) is 18.3 Å². The van der Waals surface area contributed by atoms with Crippen LogP contribution in [0.3, 0.4) is 0 Å². The predicted octanol–water partition coefficient (Wildman–Crippen LogP) is 6.01. The van der Waals surface area contributed by atoms with Crippen LogP contribution >= 0.6 is 22.6 Å². The molecule has 3 aromatic rings. The van der Waals surface area contributed by atoms with Crippen molar-refractivity contribution in [3.63, 3.8) is 0 Å². The lowest BCUT2D eigenvalue weighted by Gasteiger charge is -2.35. The number of carbonyl (C=O) groups excluding carboxylic acids is 1. The van der Waals surface area contributed by atoms with E-state index in [4.69, 9.17) is 0 Å².